The van der Waals surface area contributed by atoms with Crippen molar-refractivity contribution in [3.8, 4) is 5.75 Å². The van der Waals surface area contributed by atoms with Crippen molar-refractivity contribution in [2.75, 3.05) is 7.11 Å². The van der Waals surface area contributed by atoms with Crippen LogP contribution in [0.1, 0.15) is 76.7 Å². The predicted molar refractivity (Wildman–Crippen MR) is 99.2 cm³/mol. The zero-order valence-electron chi connectivity index (χ0n) is 15.5. The lowest BCUT2D eigenvalue weighted by Crippen LogP contribution is -2.34. The van der Waals surface area contributed by atoms with Crippen LogP contribution >= 0.6 is 0 Å². The molecule has 0 heterocycles. The Morgan fingerprint density at radius 1 is 0.958 bits per heavy atom. The first-order valence-corrected chi connectivity index (χ1v) is 10.0. The van der Waals surface area contributed by atoms with Gasteiger partial charge in [0.2, 0.25) is 0 Å². The molecule has 2 heteroatoms. The second-order valence-electron chi connectivity index (χ2n) is 8.17. The normalized spacial score (nSPS) is 34.0. The average Bonchev–Trinajstić information content (AvgIpc) is 2.63. The van der Waals surface area contributed by atoms with Gasteiger partial charge in [-0.2, -0.15) is 0 Å². The Morgan fingerprint density at radius 3 is 2.08 bits per heavy atom. The van der Waals surface area contributed by atoms with E-state index in [1.54, 1.807) is 7.11 Å². The molecule has 24 heavy (non-hydrogen) atoms. The number of ether oxygens (including phenoxy) is 1. The number of hydrogen-bond acceptors (Lipinski definition) is 2. The van der Waals surface area contributed by atoms with E-state index >= 15 is 0 Å². The van der Waals surface area contributed by atoms with Crippen LogP contribution in [-0.4, -0.2) is 12.2 Å². The summed E-state index contributed by atoms with van der Waals surface area (Å²) >= 11 is 0. The van der Waals surface area contributed by atoms with Gasteiger partial charge in [0.1, 0.15) is 5.75 Å². The first kappa shape index (κ1) is 17.8. The summed E-state index contributed by atoms with van der Waals surface area (Å²) in [6, 6.07) is 8.01. The van der Waals surface area contributed by atoms with Gasteiger partial charge >= 0.3 is 0 Å². The van der Waals surface area contributed by atoms with Gasteiger partial charge in [-0.3, -0.25) is 0 Å². The van der Waals surface area contributed by atoms with Gasteiger partial charge < -0.3 is 9.84 Å². The first-order chi connectivity index (χ1) is 11.6. The van der Waals surface area contributed by atoms with Gasteiger partial charge in [-0.25, -0.2) is 0 Å². The van der Waals surface area contributed by atoms with Crippen molar-refractivity contribution in [1.82, 2.24) is 0 Å². The minimum Gasteiger partial charge on any atom is -0.497 e. The minimum atomic E-state index is -0.623. The van der Waals surface area contributed by atoms with Gasteiger partial charge in [0.05, 0.1) is 12.7 Å². The molecule has 0 unspecified atom stereocenters. The van der Waals surface area contributed by atoms with E-state index in [0.717, 1.165) is 41.9 Å². The van der Waals surface area contributed by atoms with Crippen LogP contribution in [0.25, 0.3) is 0 Å². The van der Waals surface area contributed by atoms with Crippen molar-refractivity contribution in [1.29, 1.82) is 0 Å². The molecular weight excluding hydrogens is 296 g/mol. The summed E-state index contributed by atoms with van der Waals surface area (Å²) in [6.45, 7) is 2.31. The Kier molecular flexibility index (Phi) is 5.86. The molecule has 0 radical (unpaired) electrons. The molecule has 0 bridgehead atoms. The monoisotopic (exact) mass is 330 g/mol. The molecule has 1 aromatic carbocycles. The van der Waals surface area contributed by atoms with Gasteiger partial charge in [-0.1, -0.05) is 44.7 Å². The van der Waals surface area contributed by atoms with Crippen LogP contribution in [0, 0.1) is 17.8 Å². The van der Waals surface area contributed by atoms with Crippen LogP contribution in [0.5, 0.6) is 5.75 Å². The van der Waals surface area contributed by atoms with Gasteiger partial charge in [0.15, 0.2) is 0 Å². The fraction of sp³-hybridized carbons (Fsp3) is 0.727. The lowest BCUT2D eigenvalue weighted by Gasteiger charge is -2.41. The predicted octanol–water partition coefficient (Wildman–Crippen LogP) is 5.68. The highest BCUT2D eigenvalue weighted by molar-refractivity contribution is 5.31. The smallest absolute Gasteiger partial charge is 0.118 e. The molecule has 0 aliphatic heterocycles. The summed E-state index contributed by atoms with van der Waals surface area (Å²) in [5.41, 5.74) is 0.441. The molecule has 1 N–H and O–H groups in total. The van der Waals surface area contributed by atoms with Crippen molar-refractivity contribution in [3.05, 3.63) is 29.8 Å². The molecule has 134 valence electrons. The lowest BCUT2D eigenvalue weighted by atomic mass is 9.66. The molecule has 0 aromatic heterocycles. The first-order valence-electron chi connectivity index (χ1n) is 10.0. The SMILES string of the molecule is CCCC1CCC(C2CCC(O)(c3ccc(OC)cc3)CC2)CC1. The minimum absolute atomic E-state index is 0.623. The molecule has 2 fully saturated rings. The molecular formula is C22H34O2. The number of benzene rings is 1. The Hall–Kier alpha value is -1.02. The highest BCUT2D eigenvalue weighted by atomic mass is 16.5. The van der Waals surface area contributed by atoms with Gasteiger partial charge in [-0.05, 0) is 74.0 Å². The van der Waals surface area contributed by atoms with Crippen molar-refractivity contribution >= 4 is 0 Å². The number of hydrogen-bond donors (Lipinski definition) is 1. The standard InChI is InChI=1S/C22H34O2/c1-3-4-17-5-7-18(8-6-17)19-13-15-22(23,16-14-19)20-9-11-21(24-2)12-10-20/h9-12,17-19,23H,3-8,13-16H2,1-2H3. The second-order valence-corrected chi connectivity index (χ2v) is 8.17. The van der Waals surface area contributed by atoms with Crippen LogP contribution < -0.4 is 4.74 Å². The summed E-state index contributed by atoms with van der Waals surface area (Å²) in [6.07, 6.45) is 12.7. The lowest BCUT2D eigenvalue weighted by molar-refractivity contribution is -0.0260. The van der Waals surface area contributed by atoms with Crippen LogP contribution in [-0.2, 0) is 5.60 Å². The molecule has 1 aromatic rings. The molecule has 2 aliphatic carbocycles. The Labute approximate surface area is 147 Å². The molecule has 0 spiro atoms. The second kappa shape index (κ2) is 7.91. The van der Waals surface area contributed by atoms with E-state index in [2.05, 4.69) is 6.92 Å². The van der Waals surface area contributed by atoms with E-state index in [-0.39, 0.29) is 0 Å². The van der Waals surface area contributed by atoms with Crippen LogP contribution in [0.15, 0.2) is 24.3 Å². The molecule has 0 atom stereocenters. The Morgan fingerprint density at radius 2 is 1.54 bits per heavy atom. The Balaban J connectivity index is 1.53. The molecule has 0 amide bonds. The average molecular weight is 331 g/mol. The van der Waals surface area contributed by atoms with Crippen molar-refractivity contribution in [3.63, 3.8) is 0 Å². The fourth-order valence-electron chi connectivity index (χ4n) is 5.14. The van der Waals surface area contributed by atoms with E-state index in [4.69, 9.17) is 4.74 Å². The number of methoxy groups -OCH3 is 1. The summed E-state index contributed by atoms with van der Waals surface area (Å²) in [4.78, 5) is 0. The molecule has 0 saturated heterocycles. The highest BCUT2D eigenvalue weighted by Gasteiger charge is 2.38. The van der Waals surface area contributed by atoms with E-state index in [1.807, 2.05) is 24.3 Å². The maximum atomic E-state index is 11.1. The summed E-state index contributed by atoms with van der Waals surface area (Å²) in [7, 11) is 1.68. The maximum absolute atomic E-state index is 11.1. The van der Waals surface area contributed by atoms with Gasteiger partial charge in [0, 0.05) is 0 Å². The third-order valence-corrected chi connectivity index (χ3v) is 6.74. The van der Waals surface area contributed by atoms with Crippen LogP contribution in [0.2, 0.25) is 0 Å². The van der Waals surface area contributed by atoms with Crippen LogP contribution in [0.3, 0.4) is 0 Å². The van der Waals surface area contributed by atoms with E-state index in [1.165, 1.54) is 51.4 Å². The van der Waals surface area contributed by atoms with Crippen molar-refractivity contribution < 1.29 is 9.84 Å². The highest BCUT2D eigenvalue weighted by Crippen LogP contribution is 2.46. The number of rotatable bonds is 5. The van der Waals surface area contributed by atoms with E-state index < -0.39 is 5.60 Å². The zero-order valence-corrected chi connectivity index (χ0v) is 15.5. The van der Waals surface area contributed by atoms with Gasteiger partial charge in [-0.15, -0.1) is 0 Å². The number of aliphatic hydroxyl groups is 1. The summed E-state index contributed by atoms with van der Waals surface area (Å²) in [5.74, 6) is 3.61. The molecule has 3 rings (SSSR count). The third kappa shape index (κ3) is 3.96. The molecule has 2 nitrogen and oxygen atoms in total. The maximum Gasteiger partial charge on any atom is 0.118 e. The van der Waals surface area contributed by atoms with Crippen LogP contribution in [0.4, 0.5) is 0 Å². The molecule has 2 saturated carbocycles. The van der Waals surface area contributed by atoms with Crippen molar-refractivity contribution in [2.24, 2.45) is 17.8 Å². The summed E-state index contributed by atoms with van der Waals surface area (Å²) in [5, 5.41) is 11.1. The Bertz CT molecular complexity index is 491. The largest absolute Gasteiger partial charge is 0.497 e. The van der Waals surface area contributed by atoms with Crippen molar-refractivity contribution in [2.45, 2.75) is 76.7 Å². The third-order valence-electron chi connectivity index (χ3n) is 6.74. The topological polar surface area (TPSA) is 29.5 Å². The van der Waals surface area contributed by atoms with Gasteiger partial charge in [0.25, 0.3) is 0 Å². The summed E-state index contributed by atoms with van der Waals surface area (Å²) < 4.78 is 5.23. The zero-order chi connectivity index (χ0) is 17.0. The molecule has 2 aliphatic rings. The quantitative estimate of drug-likeness (QED) is 0.752. The fourth-order valence-corrected chi connectivity index (χ4v) is 5.14. The van der Waals surface area contributed by atoms with E-state index in [9.17, 15) is 5.11 Å². The van der Waals surface area contributed by atoms with E-state index in [0.29, 0.717) is 0 Å².